The molecule has 0 saturated heterocycles. The molecule has 1 aromatic heterocycles. The van der Waals surface area contributed by atoms with E-state index in [4.69, 9.17) is 0 Å². The maximum atomic E-state index is 2.40. The van der Waals surface area contributed by atoms with Crippen LogP contribution >= 0.6 is 11.3 Å². The summed E-state index contributed by atoms with van der Waals surface area (Å²) in [4.78, 5) is 0. The van der Waals surface area contributed by atoms with Crippen molar-refractivity contribution in [2.45, 2.75) is 0 Å². The van der Waals surface area contributed by atoms with E-state index >= 15 is 0 Å². The Hall–Kier alpha value is -5.24. The molecule has 0 aliphatic heterocycles. The third kappa shape index (κ3) is 3.31. The maximum absolute atomic E-state index is 2.40. The molecule has 0 fully saturated rings. The van der Waals surface area contributed by atoms with Crippen molar-refractivity contribution >= 4 is 85.4 Å². The predicted molar refractivity (Wildman–Crippen MR) is 189 cm³/mol. The molecular weight excluding hydrogens is 537 g/mol. The first-order valence-electron chi connectivity index (χ1n) is 14.8. The van der Waals surface area contributed by atoms with Gasteiger partial charge in [-0.1, -0.05) is 115 Å². The Morgan fingerprint density at radius 2 is 0.930 bits per heavy atom. The molecule has 0 radical (unpaired) electrons. The Morgan fingerprint density at radius 3 is 1.79 bits per heavy atom. The first-order chi connectivity index (χ1) is 21.3. The summed E-state index contributed by atoms with van der Waals surface area (Å²) in [6.07, 6.45) is 0. The van der Waals surface area contributed by atoms with Crippen molar-refractivity contribution in [3.63, 3.8) is 0 Å². The molecule has 0 atom stereocenters. The number of hydrogen-bond donors (Lipinski definition) is 0. The van der Waals surface area contributed by atoms with Gasteiger partial charge in [-0.2, -0.15) is 0 Å². The van der Waals surface area contributed by atoms with E-state index in [1.165, 1.54) is 96.3 Å². The average Bonchev–Trinajstić information content (AvgIpc) is 3.46. The number of thiophene rings is 1. The van der Waals surface area contributed by atoms with Gasteiger partial charge >= 0.3 is 0 Å². The largest absolute Gasteiger partial charge is 0.135 e. The number of rotatable bonds is 2. The van der Waals surface area contributed by atoms with Crippen molar-refractivity contribution in [1.82, 2.24) is 0 Å². The van der Waals surface area contributed by atoms with Gasteiger partial charge in [0.25, 0.3) is 0 Å². The van der Waals surface area contributed by atoms with E-state index in [0.29, 0.717) is 0 Å². The molecule has 0 nitrogen and oxygen atoms in total. The van der Waals surface area contributed by atoms with Crippen molar-refractivity contribution < 1.29 is 0 Å². The van der Waals surface area contributed by atoms with Crippen molar-refractivity contribution in [1.29, 1.82) is 0 Å². The normalized spacial score (nSPS) is 12.2. The fraction of sp³-hybridized carbons (Fsp3) is 0. The van der Waals surface area contributed by atoms with Crippen LogP contribution in [0.2, 0.25) is 0 Å². The van der Waals surface area contributed by atoms with E-state index in [2.05, 4.69) is 146 Å². The monoisotopic (exact) mass is 560 g/mol. The molecule has 1 heteroatoms. The molecule has 43 heavy (non-hydrogen) atoms. The van der Waals surface area contributed by atoms with E-state index in [1.807, 2.05) is 11.3 Å². The fourth-order valence-corrected chi connectivity index (χ4v) is 8.53. The minimum Gasteiger partial charge on any atom is -0.135 e. The minimum atomic E-state index is 1.25. The summed E-state index contributed by atoms with van der Waals surface area (Å²) in [7, 11) is 0. The SMILES string of the molecule is c1ccc2c(c1)ccc1c3ccccc3c(-c3ccc4cc(-c5ccc6sc7cccc8ccc5c6c87)ccc4c3)cc21. The molecule has 10 rings (SSSR count). The zero-order valence-electron chi connectivity index (χ0n) is 23.3. The van der Waals surface area contributed by atoms with Crippen molar-refractivity contribution in [3.05, 3.63) is 146 Å². The summed E-state index contributed by atoms with van der Waals surface area (Å²) in [6, 6.07) is 54.3. The van der Waals surface area contributed by atoms with Crippen molar-refractivity contribution in [2.75, 3.05) is 0 Å². The second-order valence-electron chi connectivity index (χ2n) is 11.7. The van der Waals surface area contributed by atoms with Crippen LogP contribution in [0.1, 0.15) is 0 Å². The lowest BCUT2D eigenvalue weighted by Crippen LogP contribution is -1.87. The standard InChI is InChI=1S/C42H24S/c1-2-8-31-25(6-1)16-18-35-33-9-3-4-10-34(33)37(24-38(31)35)30-15-13-27-22-29(14-12-28(27)23-30)32-20-21-40-42-36(32)19-17-26-7-5-11-39(43-40)41(26)42/h1-24H. The molecule has 9 aromatic carbocycles. The Balaban J connectivity index is 1.16. The highest BCUT2D eigenvalue weighted by Crippen LogP contribution is 2.44. The molecule has 0 spiro atoms. The van der Waals surface area contributed by atoms with Gasteiger partial charge in [-0.05, 0) is 106 Å². The van der Waals surface area contributed by atoms with Crippen LogP contribution in [0.4, 0.5) is 0 Å². The number of benzene rings is 9. The molecule has 0 saturated carbocycles. The Bertz CT molecular complexity index is 2730. The first kappa shape index (κ1) is 23.3. The van der Waals surface area contributed by atoms with Crippen LogP contribution in [0.15, 0.2) is 146 Å². The van der Waals surface area contributed by atoms with E-state index in [-0.39, 0.29) is 0 Å². The fourth-order valence-electron chi connectivity index (χ4n) is 7.38. The Labute approximate surface area is 252 Å². The molecule has 0 bridgehead atoms. The molecule has 1 heterocycles. The zero-order chi connectivity index (χ0) is 28.1. The van der Waals surface area contributed by atoms with Crippen molar-refractivity contribution in [3.8, 4) is 22.3 Å². The second-order valence-corrected chi connectivity index (χ2v) is 12.8. The summed E-state index contributed by atoms with van der Waals surface area (Å²) in [5, 5.41) is 15.8. The number of hydrogen-bond acceptors (Lipinski definition) is 1. The van der Waals surface area contributed by atoms with Crippen LogP contribution < -0.4 is 0 Å². The van der Waals surface area contributed by atoms with Gasteiger partial charge in [-0.15, -0.1) is 11.3 Å². The molecular formula is C42H24S. The topological polar surface area (TPSA) is 0 Å². The van der Waals surface area contributed by atoms with Crippen LogP contribution in [0.3, 0.4) is 0 Å². The molecule has 0 amide bonds. The van der Waals surface area contributed by atoms with Crippen LogP contribution in [0, 0.1) is 0 Å². The average molecular weight is 561 g/mol. The molecule has 10 aromatic rings. The highest BCUT2D eigenvalue weighted by Gasteiger charge is 2.15. The van der Waals surface area contributed by atoms with Crippen LogP contribution in [-0.4, -0.2) is 0 Å². The highest BCUT2D eigenvalue weighted by atomic mass is 32.1. The summed E-state index contributed by atoms with van der Waals surface area (Å²) in [6.45, 7) is 0. The Morgan fingerprint density at radius 1 is 0.302 bits per heavy atom. The molecule has 0 unspecified atom stereocenters. The summed E-state index contributed by atoms with van der Waals surface area (Å²) in [5.74, 6) is 0. The predicted octanol–water partition coefficient (Wildman–Crippen LogP) is 12.6. The first-order valence-corrected chi connectivity index (χ1v) is 15.7. The molecule has 0 aliphatic rings. The lowest BCUT2D eigenvalue weighted by Gasteiger charge is -2.14. The number of fused-ring (bicyclic) bond motifs is 6. The van der Waals surface area contributed by atoms with Gasteiger partial charge in [0.15, 0.2) is 0 Å². The van der Waals surface area contributed by atoms with Crippen LogP contribution in [0.5, 0.6) is 0 Å². The van der Waals surface area contributed by atoms with Gasteiger partial charge in [-0.3, -0.25) is 0 Å². The molecule has 198 valence electrons. The van der Waals surface area contributed by atoms with Crippen LogP contribution in [0.25, 0.3) is 96.3 Å². The summed E-state index contributed by atoms with van der Waals surface area (Å²) in [5.41, 5.74) is 5.10. The third-order valence-electron chi connectivity index (χ3n) is 9.39. The van der Waals surface area contributed by atoms with E-state index in [1.54, 1.807) is 0 Å². The smallest absolute Gasteiger partial charge is 0.0362 e. The maximum Gasteiger partial charge on any atom is 0.0362 e. The van der Waals surface area contributed by atoms with E-state index < -0.39 is 0 Å². The van der Waals surface area contributed by atoms with Crippen molar-refractivity contribution in [2.24, 2.45) is 0 Å². The quantitative estimate of drug-likeness (QED) is 0.184. The van der Waals surface area contributed by atoms with Gasteiger partial charge in [0.1, 0.15) is 0 Å². The lowest BCUT2D eigenvalue weighted by atomic mass is 9.89. The molecule has 0 aliphatic carbocycles. The van der Waals surface area contributed by atoms with Gasteiger partial charge in [0.05, 0.1) is 0 Å². The molecule has 0 N–H and O–H groups in total. The van der Waals surface area contributed by atoms with Gasteiger partial charge in [0, 0.05) is 20.2 Å². The Kier molecular flexibility index (Phi) is 4.69. The van der Waals surface area contributed by atoms with Gasteiger partial charge in [-0.25, -0.2) is 0 Å². The van der Waals surface area contributed by atoms with Gasteiger partial charge < -0.3 is 0 Å². The van der Waals surface area contributed by atoms with Crippen LogP contribution in [-0.2, 0) is 0 Å². The zero-order valence-corrected chi connectivity index (χ0v) is 24.1. The minimum absolute atomic E-state index is 1.25. The second kappa shape index (κ2) is 8.64. The highest BCUT2D eigenvalue weighted by molar-refractivity contribution is 7.26. The van der Waals surface area contributed by atoms with Gasteiger partial charge in [0.2, 0.25) is 0 Å². The summed E-state index contributed by atoms with van der Waals surface area (Å²) < 4.78 is 2.74. The lowest BCUT2D eigenvalue weighted by molar-refractivity contribution is 1.68. The van der Waals surface area contributed by atoms with E-state index in [0.717, 1.165) is 0 Å². The summed E-state index contributed by atoms with van der Waals surface area (Å²) >= 11 is 1.90. The van der Waals surface area contributed by atoms with E-state index in [9.17, 15) is 0 Å². The third-order valence-corrected chi connectivity index (χ3v) is 10.5.